The summed E-state index contributed by atoms with van der Waals surface area (Å²) in [5.41, 5.74) is 3.50. The molecule has 4 heteroatoms. The lowest BCUT2D eigenvalue weighted by molar-refractivity contribution is -0.121. The largest absolute Gasteiger partial charge is 0.356 e. The predicted octanol–water partition coefficient (Wildman–Crippen LogP) is 2.05. The van der Waals surface area contributed by atoms with Crippen LogP contribution in [0.25, 0.3) is 0 Å². The minimum absolute atomic E-state index is 0.163. The van der Waals surface area contributed by atoms with E-state index in [2.05, 4.69) is 29.5 Å². The van der Waals surface area contributed by atoms with Crippen LogP contribution in [0.2, 0.25) is 0 Å². The van der Waals surface area contributed by atoms with Crippen molar-refractivity contribution < 1.29 is 4.79 Å². The molecular weight excluding hydrogens is 238 g/mol. The molecule has 0 bridgehead atoms. The van der Waals surface area contributed by atoms with Gasteiger partial charge in [0.1, 0.15) is 0 Å². The van der Waals surface area contributed by atoms with Gasteiger partial charge in [-0.05, 0) is 44.6 Å². The number of carbonyl (C=O) groups is 1. The van der Waals surface area contributed by atoms with E-state index in [1.165, 1.54) is 11.3 Å². The van der Waals surface area contributed by atoms with Gasteiger partial charge >= 0.3 is 0 Å². The SMILES string of the molecule is Cc1nn(C)c(C)c1CCNC(=O)CC1C=CCC1. The van der Waals surface area contributed by atoms with Crippen molar-refractivity contribution in [2.75, 3.05) is 6.54 Å². The van der Waals surface area contributed by atoms with Crippen LogP contribution in [0.4, 0.5) is 0 Å². The van der Waals surface area contributed by atoms with Crippen LogP contribution in [-0.4, -0.2) is 22.2 Å². The highest BCUT2D eigenvalue weighted by atomic mass is 16.1. The van der Waals surface area contributed by atoms with Crippen molar-refractivity contribution in [3.8, 4) is 0 Å². The van der Waals surface area contributed by atoms with Gasteiger partial charge in [-0.15, -0.1) is 0 Å². The zero-order valence-electron chi connectivity index (χ0n) is 12.1. The van der Waals surface area contributed by atoms with E-state index in [1.807, 2.05) is 18.7 Å². The van der Waals surface area contributed by atoms with E-state index in [0.29, 0.717) is 18.9 Å². The molecule has 1 atom stereocenters. The van der Waals surface area contributed by atoms with Crippen LogP contribution in [0, 0.1) is 19.8 Å². The van der Waals surface area contributed by atoms with Gasteiger partial charge in [-0.1, -0.05) is 12.2 Å². The quantitative estimate of drug-likeness (QED) is 0.825. The van der Waals surface area contributed by atoms with Crippen molar-refractivity contribution >= 4 is 5.91 Å². The van der Waals surface area contributed by atoms with E-state index in [9.17, 15) is 4.79 Å². The molecule has 0 spiro atoms. The molecule has 0 radical (unpaired) electrons. The van der Waals surface area contributed by atoms with Crippen LogP contribution in [0.5, 0.6) is 0 Å². The summed E-state index contributed by atoms with van der Waals surface area (Å²) in [6.45, 7) is 4.79. The molecule has 4 nitrogen and oxygen atoms in total. The van der Waals surface area contributed by atoms with E-state index >= 15 is 0 Å². The Kier molecular flexibility index (Phi) is 4.40. The molecule has 19 heavy (non-hydrogen) atoms. The Balaban J connectivity index is 1.76. The fourth-order valence-electron chi connectivity index (χ4n) is 2.68. The molecule has 1 unspecified atom stereocenters. The third-order valence-corrected chi connectivity index (χ3v) is 3.92. The van der Waals surface area contributed by atoms with Gasteiger partial charge in [-0.25, -0.2) is 0 Å². The van der Waals surface area contributed by atoms with Gasteiger partial charge in [0.2, 0.25) is 5.91 Å². The van der Waals surface area contributed by atoms with Gasteiger partial charge in [0, 0.05) is 25.7 Å². The minimum atomic E-state index is 0.163. The van der Waals surface area contributed by atoms with Crippen molar-refractivity contribution in [1.82, 2.24) is 15.1 Å². The van der Waals surface area contributed by atoms with Gasteiger partial charge < -0.3 is 5.32 Å². The Morgan fingerprint density at radius 1 is 1.53 bits per heavy atom. The Bertz CT molecular complexity index is 488. The number of amides is 1. The summed E-state index contributed by atoms with van der Waals surface area (Å²) in [5, 5.41) is 7.40. The lowest BCUT2D eigenvalue weighted by Crippen LogP contribution is -2.27. The van der Waals surface area contributed by atoms with E-state index < -0.39 is 0 Å². The number of allylic oxidation sites excluding steroid dienone is 2. The number of aryl methyl sites for hydroxylation is 2. The summed E-state index contributed by atoms with van der Waals surface area (Å²) in [6.07, 6.45) is 8.05. The first-order chi connectivity index (χ1) is 9.08. The molecule has 1 aromatic heterocycles. The number of rotatable bonds is 5. The molecule has 0 saturated heterocycles. The van der Waals surface area contributed by atoms with Crippen LogP contribution in [0.3, 0.4) is 0 Å². The maximum atomic E-state index is 11.8. The highest BCUT2D eigenvalue weighted by Crippen LogP contribution is 2.20. The number of nitrogens with zero attached hydrogens (tertiary/aromatic N) is 2. The Morgan fingerprint density at radius 3 is 2.89 bits per heavy atom. The van der Waals surface area contributed by atoms with Crippen molar-refractivity contribution in [1.29, 1.82) is 0 Å². The molecule has 1 aliphatic rings. The first kappa shape index (κ1) is 13.8. The molecule has 1 aromatic rings. The van der Waals surface area contributed by atoms with Crippen LogP contribution in [0.1, 0.15) is 36.2 Å². The molecule has 1 aliphatic carbocycles. The normalized spacial score (nSPS) is 17.9. The monoisotopic (exact) mass is 261 g/mol. The van der Waals surface area contributed by atoms with Crippen LogP contribution >= 0.6 is 0 Å². The molecular formula is C15H23N3O. The molecule has 2 rings (SSSR count). The third kappa shape index (κ3) is 3.46. The maximum absolute atomic E-state index is 11.8. The molecule has 104 valence electrons. The van der Waals surface area contributed by atoms with Crippen LogP contribution < -0.4 is 5.32 Å². The van der Waals surface area contributed by atoms with E-state index in [0.717, 1.165) is 25.0 Å². The topological polar surface area (TPSA) is 46.9 Å². The van der Waals surface area contributed by atoms with Crippen molar-refractivity contribution in [2.24, 2.45) is 13.0 Å². The lowest BCUT2D eigenvalue weighted by Gasteiger charge is -2.09. The van der Waals surface area contributed by atoms with Crippen molar-refractivity contribution in [3.63, 3.8) is 0 Å². The number of aromatic nitrogens is 2. The second-order valence-corrected chi connectivity index (χ2v) is 5.34. The second-order valence-electron chi connectivity index (χ2n) is 5.34. The summed E-state index contributed by atoms with van der Waals surface area (Å²) in [6, 6.07) is 0. The molecule has 0 aliphatic heterocycles. The molecule has 0 aromatic carbocycles. The van der Waals surface area contributed by atoms with Gasteiger partial charge in [0.25, 0.3) is 0 Å². The zero-order chi connectivity index (χ0) is 13.8. The van der Waals surface area contributed by atoms with Gasteiger partial charge in [-0.2, -0.15) is 5.10 Å². The standard InChI is InChI=1S/C15H23N3O/c1-11-14(12(2)18(3)17-11)8-9-16-15(19)10-13-6-4-5-7-13/h4,6,13H,5,7-10H2,1-3H3,(H,16,19). The second kappa shape index (κ2) is 6.04. The minimum Gasteiger partial charge on any atom is -0.356 e. The summed E-state index contributed by atoms with van der Waals surface area (Å²) in [7, 11) is 1.96. The average Bonchev–Trinajstić information content (AvgIpc) is 2.93. The predicted molar refractivity (Wildman–Crippen MR) is 75.9 cm³/mol. The molecule has 0 fully saturated rings. The number of hydrogen-bond donors (Lipinski definition) is 1. The zero-order valence-corrected chi connectivity index (χ0v) is 12.1. The Hall–Kier alpha value is -1.58. The molecule has 1 amide bonds. The van der Waals surface area contributed by atoms with Crippen LogP contribution in [0.15, 0.2) is 12.2 Å². The first-order valence-electron chi connectivity index (χ1n) is 7.00. The summed E-state index contributed by atoms with van der Waals surface area (Å²) in [4.78, 5) is 11.8. The van der Waals surface area contributed by atoms with Crippen LogP contribution in [-0.2, 0) is 18.3 Å². The van der Waals surface area contributed by atoms with E-state index in [1.54, 1.807) is 0 Å². The number of hydrogen-bond acceptors (Lipinski definition) is 2. The average molecular weight is 261 g/mol. The fraction of sp³-hybridized carbons (Fsp3) is 0.600. The number of carbonyl (C=O) groups excluding carboxylic acids is 1. The third-order valence-electron chi connectivity index (χ3n) is 3.92. The lowest BCUT2D eigenvalue weighted by atomic mass is 10.0. The maximum Gasteiger partial charge on any atom is 0.220 e. The van der Waals surface area contributed by atoms with Gasteiger partial charge in [-0.3, -0.25) is 9.48 Å². The summed E-state index contributed by atoms with van der Waals surface area (Å²) < 4.78 is 1.90. The molecule has 1 heterocycles. The summed E-state index contributed by atoms with van der Waals surface area (Å²) in [5.74, 6) is 0.609. The molecule has 1 N–H and O–H groups in total. The Morgan fingerprint density at radius 2 is 2.32 bits per heavy atom. The van der Waals surface area contributed by atoms with E-state index in [4.69, 9.17) is 0 Å². The first-order valence-corrected chi connectivity index (χ1v) is 7.00. The highest BCUT2D eigenvalue weighted by molar-refractivity contribution is 5.76. The highest BCUT2D eigenvalue weighted by Gasteiger charge is 2.14. The fourth-order valence-corrected chi connectivity index (χ4v) is 2.68. The smallest absolute Gasteiger partial charge is 0.220 e. The van der Waals surface area contributed by atoms with Crippen molar-refractivity contribution in [2.45, 2.75) is 39.5 Å². The van der Waals surface area contributed by atoms with Gasteiger partial charge in [0.15, 0.2) is 0 Å². The Labute approximate surface area is 114 Å². The van der Waals surface area contributed by atoms with Crippen molar-refractivity contribution in [3.05, 3.63) is 29.1 Å². The molecule has 0 saturated carbocycles. The summed E-state index contributed by atoms with van der Waals surface area (Å²) >= 11 is 0. The number of nitrogens with one attached hydrogen (secondary N) is 1. The van der Waals surface area contributed by atoms with Gasteiger partial charge in [0.05, 0.1) is 5.69 Å². The van der Waals surface area contributed by atoms with E-state index in [-0.39, 0.29) is 5.91 Å².